The number of nitrogen functional groups attached to an aromatic ring is 1. The molecule has 2 aliphatic heterocycles. The summed E-state index contributed by atoms with van der Waals surface area (Å²) in [6.45, 7) is 2.03. The lowest BCUT2D eigenvalue weighted by molar-refractivity contribution is 0.481. The second kappa shape index (κ2) is 6.78. The summed E-state index contributed by atoms with van der Waals surface area (Å²) in [5.41, 5.74) is 7.20. The smallest absolute Gasteiger partial charge is 0.179 e. The van der Waals surface area contributed by atoms with Crippen LogP contribution in [-0.4, -0.2) is 45.1 Å². The molecule has 9 heteroatoms. The third-order valence-electron chi connectivity index (χ3n) is 5.11. The first-order chi connectivity index (χ1) is 13.2. The van der Waals surface area contributed by atoms with Crippen LogP contribution in [0.25, 0.3) is 11.2 Å². The van der Waals surface area contributed by atoms with Gasteiger partial charge in [0.25, 0.3) is 0 Å². The second-order valence-corrected chi connectivity index (χ2v) is 8.22. The number of nitrogens with two attached hydrogens (primary N) is 1. The minimum Gasteiger partial charge on any atom is -0.382 e. The molecule has 0 radical (unpaired) electrons. The molecular formula is C18H18ClN7S. The first-order valence-electron chi connectivity index (χ1n) is 8.90. The predicted octanol–water partition coefficient (Wildman–Crippen LogP) is 2.75. The zero-order valence-electron chi connectivity index (χ0n) is 14.5. The van der Waals surface area contributed by atoms with Crippen LogP contribution in [0.2, 0.25) is 5.02 Å². The Labute approximate surface area is 165 Å². The normalized spacial score (nSPS) is 21.7. The van der Waals surface area contributed by atoms with Crippen LogP contribution in [0.5, 0.6) is 0 Å². The summed E-state index contributed by atoms with van der Waals surface area (Å²) in [4.78, 5) is 21.2. The second-order valence-electron chi connectivity index (χ2n) is 6.78. The molecule has 2 bridgehead atoms. The van der Waals surface area contributed by atoms with Crippen molar-refractivity contribution in [3.05, 3.63) is 35.6 Å². The van der Waals surface area contributed by atoms with Crippen LogP contribution in [0, 0.1) is 0 Å². The van der Waals surface area contributed by atoms with Gasteiger partial charge in [-0.05, 0) is 31.0 Å². The number of nitrogens with zero attached hydrogens (tertiary/aromatic N) is 5. The van der Waals surface area contributed by atoms with Gasteiger partial charge in [-0.3, -0.25) is 0 Å². The number of nitrogens with one attached hydrogen (secondary N) is 1. The number of rotatable bonds is 3. The summed E-state index contributed by atoms with van der Waals surface area (Å²) >= 11 is 7.66. The van der Waals surface area contributed by atoms with Crippen molar-refractivity contribution >= 4 is 46.2 Å². The molecule has 0 spiro atoms. The Morgan fingerprint density at radius 3 is 2.74 bits per heavy atom. The molecule has 2 atom stereocenters. The van der Waals surface area contributed by atoms with Crippen molar-refractivity contribution in [2.75, 3.05) is 23.7 Å². The van der Waals surface area contributed by atoms with E-state index in [2.05, 4.69) is 25.2 Å². The van der Waals surface area contributed by atoms with Crippen molar-refractivity contribution in [1.29, 1.82) is 0 Å². The van der Waals surface area contributed by atoms with Gasteiger partial charge in [0.2, 0.25) is 0 Å². The molecule has 7 nitrogen and oxygen atoms in total. The highest BCUT2D eigenvalue weighted by Gasteiger charge is 2.37. The lowest BCUT2D eigenvalue weighted by Gasteiger charge is -2.36. The standard InChI is InChI=1S/C18H18ClN7S/c19-16-13(5-6-22-17(16)20)27-15-4-3-12-18(25-15)23-9-14(24-12)26-10-1-2-11(26)8-21-7-10/h3-6,9-11,21H,1-2,7-8H2,(H2,20,22). The van der Waals surface area contributed by atoms with E-state index in [1.807, 2.05) is 24.4 Å². The first kappa shape index (κ1) is 17.0. The zero-order chi connectivity index (χ0) is 18.4. The SMILES string of the molecule is Nc1nccc(Sc2ccc3nc(N4C5CCC4CNC5)cnc3n2)c1Cl. The maximum absolute atomic E-state index is 6.23. The lowest BCUT2D eigenvalue weighted by Crippen LogP contribution is -2.52. The number of aromatic nitrogens is 4. The van der Waals surface area contributed by atoms with Crippen LogP contribution in [0.15, 0.2) is 40.5 Å². The van der Waals surface area contributed by atoms with Crippen molar-refractivity contribution in [3.8, 4) is 0 Å². The Hall–Kier alpha value is -2.16. The number of hydrogen-bond acceptors (Lipinski definition) is 8. The third kappa shape index (κ3) is 3.07. The summed E-state index contributed by atoms with van der Waals surface area (Å²) in [6, 6.07) is 6.74. The molecule has 2 aliphatic rings. The zero-order valence-corrected chi connectivity index (χ0v) is 16.0. The monoisotopic (exact) mass is 399 g/mol. The topological polar surface area (TPSA) is 92.8 Å². The van der Waals surface area contributed by atoms with Gasteiger partial charge in [-0.2, -0.15) is 0 Å². The average Bonchev–Trinajstić information content (AvgIpc) is 2.93. The van der Waals surface area contributed by atoms with Gasteiger partial charge in [0.1, 0.15) is 22.2 Å². The summed E-state index contributed by atoms with van der Waals surface area (Å²) in [6.07, 6.45) is 5.90. The van der Waals surface area contributed by atoms with Crippen LogP contribution in [0.1, 0.15) is 12.8 Å². The minimum absolute atomic E-state index is 0.317. The molecule has 2 fully saturated rings. The van der Waals surface area contributed by atoms with E-state index in [1.165, 1.54) is 24.6 Å². The van der Waals surface area contributed by atoms with E-state index in [-0.39, 0.29) is 0 Å². The molecule has 2 unspecified atom stereocenters. The van der Waals surface area contributed by atoms with Gasteiger partial charge in [0.05, 0.1) is 11.2 Å². The van der Waals surface area contributed by atoms with E-state index in [4.69, 9.17) is 22.3 Å². The molecular weight excluding hydrogens is 382 g/mol. The Morgan fingerprint density at radius 1 is 1.11 bits per heavy atom. The highest BCUT2D eigenvalue weighted by atomic mass is 35.5. The molecule has 0 aromatic carbocycles. The molecule has 0 amide bonds. The van der Waals surface area contributed by atoms with E-state index in [9.17, 15) is 0 Å². The first-order valence-corrected chi connectivity index (χ1v) is 10.1. The van der Waals surface area contributed by atoms with Gasteiger partial charge in [-0.1, -0.05) is 23.4 Å². The molecule has 0 aliphatic carbocycles. The number of halogens is 1. The number of anilines is 2. The van der Waals surface area contributed by atoms with Gasteiger partial charge in [-0.25, -0.2) is 19.9 Å². The van der Waals surface area contributed by atoms with E-state index in [1.54, 1.807) is 6.20 Å². The van der Waals surface area contributed by atoms with Gasteiger partial charge < -0.3 is 16.0 Å². The number of pyridine rings is 2. The van der Waals surface area contributed by atoms with Crippen LogP contribution in [0.3, 0.4) is 0 Å². The van der Waals surface area contributed by atoms with E-state index < -0.39 is 0 Å². The maximum Gasteiger partial charge on any atom is 0.179 e. The van der Waals surface area contributed by atoms with E-state index >= 15 is 0 Å². The largest absolute Gasteiger partial charge is 0.382 e. The van der Waals surface area contributed by atoms with E-state index in [0.29, 0.717) is 28.6 Å². The summed E-state index contributed by atoms with van der Waals surface area (Å²) in [7, 11) is 0. The van der Waals surface area contributed by atoms with E-state index in [0.717, 1.165) is 34.3 Å². The molecule has 2 saturated heterocycles. The molecule has 5 heterocycles. The lowest BCUT2D eigenvalue weighted by atomic mass is 10.2. The van der Waals surface area contributed by atoms with Crippen LogP contribution in [-0.2, 0) is 0 Å². The van der Waals surface area contributed by atoms with Crippen molar-refractivity contribution in [2.24, 2.45) is 0 Å². The van der Waals surface area contributed by atoms with Crippen molar-refractivity contribution in [3.63, 3.8) is 0 Å². The molecule has 27 heavy (non-hydrogen) atoms. The van der Waals surface area contributed by atoms with Crippen molar-refractivity contribution < 1.29 is 0 Å². The van der Waals surface area contributed by atoms with Crippen LogP contribution in [0.4, 0.5) is 11.6 Å². The van der Waals surface area contributed by atoms with Gasteiger partial charge >= 0.3 is 0 Å². The maximum atomic E-state index is 6.23. The van der Waals surface area contributed by atoms with Crippen molar-refractivity contribution in [2.45, 2.75) is 34.8 Å². The Morgan fingerprint density at radius 2 is 1.93 bits per heavy atom. The Balaban J connectivity index is 1.44. The minimum atomic E-state index is 0.317. The molecule has 3 aromatic rings. The molecule has 3 aromatic heterocycles. The Bertz CT molecular complexity index is 998. The number of piperazine rings is 1. The Kier molecular flexibility index (Phi) is 4.26. The molecule has 0 saturated carbocycles. The van der Waals surface area contributed by atoms with Gasteiger partial charge in [-0.15, -0.1) is 0 Å². The highest BCUT2D eigenvalue weighted by molar-refractivity contribution is 7.99. The fourth-order valence-electron chi connectivity index (χ4n) is 3.84. The van der Waals surface area contributed by atoms with Crippen LogP contribution < -0.4 is 16.0 Å². The fourth-order valence-corrected chi connectivity index (χ4v) is 4.89. The molecule has 138 valence electrons. The molecule has 5 rings (SSSR count). The fraction of sp³-hybridized carbons (Fsp3) is 0.333. The summed E-state index contributed by atoms with van der Waals surface area (Å²) < 4.78 is 0. The van der Waals surface area contributed by atoms with Crippen LogP contribution >= 0.6 is 23.4 Å². The number of fused-ring (bicyclic) bond motifs is 3. The quantitative estimate of drug-likeness (QED) is 0.694. The third-order valence-corrected chi connectivity index (χ3v) is 6.61. The van der Waals surface area contributed by atoms with Crippen molar-refractivity contribution in [1.82, 2.24) is 25.3 Å². The predicted molar refractivity (Wildman–Crippen MR) is 107 cm³/mol. The summed E-state index contributed by atoms with van der Waals surface area (Å²) in [5, 5.41) is 4.73. The summed E-state index contributed by atoms with van der Waals surface area (Å²) in [5.74, 6) is 1.26. The highest BCUT2D eigenvalue weighted by Crippen LogP contribution is 2.35. The molecule has 3 N–H and O–H groups in total. The average molecular weight is 400 g/mol. The van der Waals surface area contributed by atoms with Gasteiger partial charge in [0, 0.05) is 36.3 Å². The van der Waals surface area contributed by atoms with Gasteiger partial charge in [0.15, 0.2) is 5.65 Å². The number of hydrogen-bond donors (Lipinski definition) is 2.